The average Bonchev–Trinajstić information content (AvgIpc) is 3.23. The van der Waals surface area contributed by atoms with Crippen molar-refractivity contribution in [2.24, 2.45) is 7.05 Å². The van der Waals surface area contributed by atoms with Crippen LogP contribution in [0.4, 0.5) is 24.8 Å². The first-order chi connectivity index (χ1) is 12.8. The summed E-state index contributed by atoms with van der Waals surface area (Å²) in [5.74, 6) is 0.0335. The van der Waals surface area contributed by atoms with Crippen molar-refractivity contribution in [3.05, 3.63) is 42.6 Å². The number of carbonyl (C=O) groups is 1. The molecule has 0 aromatic carbocycles. The van der Waals surface area contributed by atoms with E-state index >= 15 is 0 Å². The average molecular weight is 380 g/mol. The highest BCUT2D eigenvalue weighted by molar-refractivity contribution is 5.93. The van der Waals surface area contributed by atoms with Gasteiger partial charge in [-0.3, -0.25) is 9.48 Å². The van der Waals surface area contributed by atoms with Gasteiger partial charge < -0.3 is 10.6 Å². The number of amides is 1. The molecule has 0 aliphatic heterocycles. The fraction of sp³-hybridized carbons (Fsp3) is 0.267. The van der Waals surface area contributed by atoms with E-state index in [4.69, 9.17) is 0 Å². The number of nitrogens with one attached hydrogen (secondary N) is 2. The molecule has 3 aromatic rings. The molecule has 0 bridgehead atoms. The number of nitrogens with zero attached hydrogens (tertiary/aromatic N) is 6. The van der Waals surface area contributed by atoms with Crippen LogP contribution in [0, 0.1) is 0 Å². The molecule has 0 saturated heterocycles. The standard InChI is InChI=1S/C15H15F3N8O/c1-25-9-11(7-21-25)23-14-20-4-2-12(24-14)26-8-10(6-22-26)13(27)19-5-3-15(16,17)18/h2,4,6-9H,3,5H2,1H3,(H,19,27)(H,20,23,24). The Bertz CT molecular complexity index is 933. The Hall–Kier alpha value is -3.44. The normalized spacial score (nSPS) is 11.4. The number of hydrogen-bond donors (Lipinski definition) is 2. The number of aryl methyl sites for hydroxylation is 1. The molecule has 0 radical (unpaired) electrons. The molecule has 9 nitrogen and oxygen atoms in total. The summed E-state index contributed by atoms with van der Waals surface area (Å²) < 4.78 is 39.4. The Kier molecular flexibility index (Phi) is 5.05. The van der Waals surface area contributed by atoms with Crippen LogP contribution >= 0.6 is 0 Å². The van der Waals surface area contributed by atoms with Gasteiger partial charge in [0.2, 0.25) is 5.95 Å². The van der Waals surface area contributed by atoms with Crippen molar-refractivity contribution in [2.45, 2.75) is 12.6 Å². The molecule has 1 amide bonds. The first-order valence-electron chi connectivity index (χ1n) is 7.79. The van der Waals surface area contributed by atoms with E-state index in [2.05, 4.69) is 30.8 Å². The smallest absolute Gasteiger partial charge is 0.352 e. The lowest BCUT2D eigenvalue weighted by Crippen LogP contribution is -2.27. The molecule has 3 aromatic heterocycles. The number of hydrogen-bond acceptors (Lipinski definition) is 6. The molecule has 0 aliphatic rings. The highest BCUT2D eigenvalue weighted by Gasteiger charge is 2.26. The predicted octanol–water partition coefficient (Wildman–Crippen LogP) is 1.82. The third-order valence-corrected chi connectivity index (χ3v) is 3.38. The van der Waals surface area contributed by atoms with E-state index in [-0.39, 0.29) is 5.56 Å². The molecule has 2 N–H and O–H groups in total. The molecule has 12 heteroatoms. The fourth-order valence-electron chi connectivity index (χ4n) is 2.14. The van der Waals surface area contributed by atoms with Crippen LogP contribution in [0.15, 0.2) is 37.1 Å². The molecule has 0 fully saturated rings. The number of aromatic nitrogens is 6. The first-order valence-corrected chi connectivity index (χ1v) is 7.79. The number of halogens is 3. The third-order valence-electron chi connectivity index (χ3n) is 3.38. The predicted molar refractivity (Wildman–Crippen MR) is 88.6 cm³/mol. The van der Waals surface area contributed by atoms with Gasteiger partial charge in [0.05, 0.1) is 30.1 Å². The van der Waals surface area contributed by atoms with E-state index in [1.807, 2.05) is 0 Å². The Morgan fingerprint density at radius 1 is 1.22 bits per heavy atom. The maximum Gasteiger partial charge on any atom is 0.390 e. The van der Waals surface area contributed by atoms with Gasteiger partial charge in [-0.05, 0) is 0 Å². The van der Waals surface area contributed by atoms with Gasteiger partial charge in [0.25, 0.3) is 5.91 Å². The van der Waals surface area contributed by atoms with Crippen LogP contribution in [-0.4, -0.2) is 48.2 Å². The summed E-state index contributed by atoms with van der Waals surface area (Å²) in [6.07, 6.45) is 2.06. The summed E-state index contributed by atoms with van der Waals surface area (Å²) in [4.78, 5) is 20.3. The van der Waals surface area contributed by atoms with Crippen molar-refractivity contribution < 1.29 is 18.0 Å². The molecule has 0 saturated carbocycles. The van der Waals surface area contributed by atoms with Crippen LogP contribution in [0.5, 0.6) is 0 Å². The van der Waals surface area contributed by atoms with Gasteiger partial charge in [0.15, 0.2) is 5.82 Å². The van der Waals surface area contributed by atoms with Crippen molar-refractivity contribution in [1.82, 2.24) is 34.8 Å². The van der Waals surface area contributed by atoms with Crippen molar-refractivity contribution in [3.8, 4) is 5.82 Å². The highest BCUT2D eigenvalue weighted by atomic mass is 19.4. The summed E-state index contributed by atoms with van der Waals surface area (Å²) in [6.45, 7) is -0.500. The van der Waals surface area contributed by atoms with Crippen LogP contribution < -0.4 is 10.6 Å². The Morgan fingerprint density at radius 3 is 2.74 bits per heavy atom. The molecule has 27 heavy (non-hydrogen) atoms. The van der Waals surface area contributed by atoms with E-state index < -0.39 is 25.0 Å². The summed E-state index contributed by atoms with van der Waals surface area (Å²) in [5, 5.41) is 13.2. The molecule has 0 unspecified atom stereocenters. The second-order valence-electron chi connectivity index (χ2n) is 5.56. The van der Waals surface area contributed by atoms with Crippen LogP contribution in [0.2, 0.25) is 0 Å². The SMILES string of the molecule is Cn1cc(Nc2nccc(-n3cc(C(=O)NCCC(F)(F)F)cn3)n2)cn1. The van der Waals surface area contributed by atoms with Gasteiger partial charge in [-0.25, -0.2) is 9.67 Å². The molecular weight excluding hydrogens is 365 g/mol. The van der Waals surface area contributed by atoms with E-state index in [0.717, 1.165) is 0 Å². The molecule has 0 spiro atoms. The zero-order valence-corrected chi connectivity index (χ0v) is 14.1. The second-order valence-corrected chi connectivity index (χ2v) is 5.56. The number of anilines is 2. The minimum absolute atomic E-state index is 0.123. The van der Waals surface area contributed by atoms with Crippen LogP contribution in [0.25, 0.3) is 5.82 Å². The van der Waals surface area contributed by atoms with Gasteiger partial charge in [-0.2, -0.15) is 28.4 Å². The van der Waals surface area contributed by atoms with E-state index in [0.29, 0.717) is 17.5 Å². The monoisotopic (exact) mass is 380 g/mol. The summed E-state index contributed by atoms with van der Waals surface area (Å²) in [6, 6.07) is 1.58. The topological polar surface area (TPSA) is 103 Å². The Morgan fingerprint density at radius 2 is 2.04 bits per heavy atom. The number of carbonyl (C=O) groups excluding carboxylic acids is 1. The molecule has 0 atom stereocenters. The van der Waals surface area contributed by atoms with Crippen molar-refractivity contribution >= 4 is 17.5 Å². The minimum Gasteiger partial charge on any atom is -0.352 e. The van der Waals surface area contributed by atoms with E-state index in [9.17, 15) is 18.0 Å². The van der Waals surface area contributed by atoms with Crippen LogP contribution in [0.3, 0.4) is 0 Å². The lowest BCUT2D eigenvalue weighted by Gasteiger charge is -2.06. The van der Waals surface area contributed by atoms with Gasteiger partial charge >= 0.3 is 6.18 Å². The van der Waals surface area contributed by atoms with Crippen LogP contribution in [0.1, 0.15) is 16.8 Å². The van der Waals surface area contributed by atoms with E-state index in [1.165, 1.54) is 23.3 Å². The number of alkyl halides is 3. The summed E-state index contributed by atoms with van der Waals surface area (Å²) in [7, 11) is 1.77. The zero-order chi connectivity index (χ0) is 19.4. The lowest BCUT2D eigenvalue weighted by atomic mass is 10.3. The lowest BCUT2D eigenvalue weighted by molar-refractivity contribution is -0.132. The third kappa shape index (κ3) is 5.03. The highest BCUT2D eigenvalue weighted by Crippen LogP contribution is 2.18. The van der Waals surface area contributed by atoms with Gasteiger partial charge in [0, 0.05) is 38.2 Å². The summed E-state index contributed by atoms with van der Waals surface area (Å²) >= 11 is 0. The summed E-state index contributed by atoms with van der Waals surface area (Å²) in [5.41, 5.74) is 0.817. The molecule has 0 aliphatic carbocycles. The molecular formula is C15H15F3N8O. The van der Waals surface area contributed by atoms with Crippen molar-refractivity contribution in [3.63, 3.8) is 0 Å². The Balaban J connectivity index is 1.67. The molecule has 3 heterocycles. The molecule has 142 valence electrons. The van der Waals surface area contributed by atoms with E-state index in [1.54, 1.807) is 30.2 Å². The van der Waals surface area contributed by atoms with Gasteiger partial charge in [-0.1, -0.05) is 0 Å². The zero-order valence-electron chi connectivity index (χ0n) is 14.1. The second kappa shape index (κ2) is 7.43. The number of rotatable bonds is 6. The Labute approximate surface area is 151 Å². The van der Waals surface area contributed by atoms with Crippen molar-refractivity contribution in [1.29, 1.82) is 0 Å². The van der Waals surface area contributed by atoms with Gasteiger partial charge in [-0.15, -0.1) is 0 Å². The quantitative estimate of drug-likeness (QED) is 0.676. The maximum atomic E-state index is 12.1. The first kappa shape index (κ1) is 18.4. The largest absolute Gasteiger partial charge is 0.390 e. The van der Waals surface area contributed by atoms with Gasteiger partial charge in [0.1, 0.15) is 0 Å². The van der Waals surface area contributed by atoms with Crippen LogP contribution in [-0.2, 0) is 7.05 Å². The maximum absolute atomic E-state index is 12.1. The minimum atomic E-state index is -4.32. The fourth-order valence-corrected chi connectivity index (χ4v) is 2.14. The molecule has 3 rings (SSSR count). The van der Waals surface area contributed by atoms with Crippen molar-refractivity contribution in [2.75, 3.05) is 11.9 Å².